The van der Waals surface area contributed by atoms with Crippen LogP contribution in [-0.2, 0) is 9.53 Å². The highest BCUT2D eigenvalue weighted by molar-refractivity contribution is 9.09. The lowest BCUT2D eigenvalue weighted by molar-refractivity contribution is -0.137. The summed E-state index contributed by atoms with van der Waals surface area (Å²) >= 11 is 3.33. The van der Waals surface area contributed by atoms with E-state index >= 15 is 0 Å². The number of ether oxygens (including phenoxy) is 1. The van der Waals surface area contributed by atoms with Crippen LogP contribution in [0.25, 0.3) is 0 Å². The molecule has 0 aliphatic carbocycles. The van der Waals surface area contributed by atoms with Gasteiger partial charge in [0, 0.05) is 10.9 Å². The molecule has 0 rings (SSSR count). The molecule has 0 amide bonds. The van der Waals surface area contributed by atoms with Gasteiger partial charge in [0.15, 0.2) is 0 Å². The molecular formula is C7H11BrO2. The third-order valence-electron chi connectivity index (χ3n) is 0.927. The molecule has 0 saturated carbocycles. The van der Waals surface area contributed by atoms with Crippen molar-refractivity contribution in [1.82, 2.24) is 0 Å². The first-order chi connectivity index (χ1) is 4.66. The van der Waals surface area contributed by atoms with E-state index in [0.717, 1.165) is 6.42 Å². The molecule has 58 valence electrons. The number of hydrogen-bond acceptors (Lipinski definition) is 2. The van der Waals surface area contributed by atoms with Gasteiger partial charge in [0.25, 0.3) is 0 Å². The number of esters is 1. The third-order valence-corrected chi connectivity index (χ3v) is 1.38. The lowest BCUT2D eigenvalue weighted by Gasteiger charge is -2.02. The van der Waals surface area contributed by atoms with E-state index in [-0.39, 0.29) is 5.97 Å². The van der Waals surface area contributed by atoms with Crippen LogP contribution in [0.15, 0.2) is 12.7 Å². The Labute approximate surface area is 69.4 Å². The highest BCUT2D eigenvalue weighted by atomic mass is 79.9. The quantitative estimate of drug-likeness (QED) is 0.399. The van der Waals surface area contributed by atoms with E-state index in [0.29, 0.717) is 11.4 Å². The van der Waals surface area contributed by atoms with Crippen molar-refractivity contribution in [1.29, 1.82) is 0 Å². The van der Waals surface area contributed by atoms with Crippen molar-refractivity contribution in [3.8, 4) is 0 Å². The van der Waals surface area contributed by atoms with E-state index in [1.54, 1.807) is 0 Å². The summed E-state index contributed by atoms with van der Waals surface area (Å²) in [6.07, 6.45) is 2.00. The number of rotatable bonds is 4. The van der Waals surface area contributed by atoms with E-state index in [1.165, 1.54) is 6.08 Å². The number of carbonyl (C=O) groups is 1. The first-order valence-corrected chi connectivity index (χ1v) is 4.01. The molecule has 0 heterocycles. The van der Waals surface area contributed by atoms with Crippen LogP contribution < -0.4 is 0 Å². The van der Waals surface area contributed by atoms with Gasteiger partial charge in [-0.2, -0.15) is 0 Å². The number of alkyl halides is 1. The monoisotopic (exact) mass is 206 g/mol. The Morgan fingerprint density at radius 2 is 2.50 bits per heavy atom. The maximum Gasteiger partial charge on any atom is 0.330 e. The summed E-state index contributed by atoms with van der Waals surface area (Å²) < 4.78 is 4.72. The standard InChI is InChI=1S/C7H11BrO2/c1-3-7(9)10-5-4-6(2)8/h3,6H,1,4-5H2,2H3. The SMILES string of the molecule is C=CC(=O)OCCC(C)Br. The molecule has 1 atom stereocenters. The third kappa shape index (κ3) is 5.82. The lowest BCUT2D eigenvalue weighted by atomic mass is 10.4. The Hall–Kier alpha value is -0.310. The van der Waals surface area contributed by atoms with E-state index in [9.17, 15) is 4.79 Å². The van der Waals surface area contributed by atoms with Crippen molar-refractivity contribution < 1.29 is 9.53 Å². The summed E-state index contributed by atoms with van der Waals surface area (Å²) in [6.45, 7) is 5.73. The lowest BCUT2D eigenvalue weighted by Crippen LogP contribution is -2.04. The van der Waals surface area contributed by atoms with Crippen molar-refractivity contribution in [2.75, 3.05) is 6.61 Å². The second kappa shape index (κ2) is 5.47. The van der Waals surface area contributed by atoms with Crippen LogP contribution >= 0.6 is 15.9 Å². The Balaban J connectivity index is 3.19. The van der Waals surface area contributed by atoms with Crippen molar-refractivity contribution in [2.24, 2.45) is 0 Å². The van der Waals surface area contributed by atoms with Gasteiger partial charge in [-0.25, -0.2) is 4.79 Å². The van der Waals surface area contributed by atoms with Gasteiger partial charge in [0.05, 0.1) is 6.61 Å². The molecule has 0 radical (unpaired) electrons. The fourth-order valence-corrected chi connectivity index (χ4v) is 0.568. The average Bonchev–Trinajstić information content (AvgIpc) is 1.87. The van der Waals surface area contributed by atoms with Gasteiger partial charge >= 0.3 is 5.97 Å². The van der Waals surface area contributed by atoms with Gasteiger partial charge in [-0.15, -0.1) is 0 Å². The van der Waals surface area contributed by atoms with Crippen LogP contribution in [0.1, 0.15) is 13.3 Å². The summed E-state index contributed by atoms with van der Waals surface area (Å²) in [5.74, 6) is -0.354. The minimum Gasteiger partial charge on any atom is -0.463 e. The molecule has 2 nitrogen and oxygen atoms in total. The molecule has 0 aromatic heterocycles. The van der Waals surface area contributed by atoms with E-state index < -0.39 is 0 Å². The predicted molar refractivity (Wildman–Crippen MR) is 44.2 cm³/mol. The molecular weight excluding hydrogens is 196 g/mol. The minimum absolute atomic E-state index is 0.354. The molecule has 0 fully saturated rings. The molecule has 0 spiro atoms. The summed E-state index contributed by atoms with van der Waals surface area (Å²) in [6, 6.07) is 0. The van der Waals surface area contributed by atoms with Crippen molar-refractivity contribution in [2.45, 2.75) is 18.2 Å². The molecule has 0 aliphatic heterocycles. The van der Waals surface area contributed by atoms with Gasteiger partial charge in [-0.1, -0.05) is 29.4 Å². The van der Waals surface area contributed by atoms with Gasteiger partial charge in [-0.3, -0.25) is 0 Å². The molecule has 3 heteroatoms. The zero-order valence-corrected chi connectivity index (χ0v) is 7.56. The van der Waals surface area contributed by atoms with Crippen molar-refractivity contribution in [3.63, 3.8) is 0 Å². The topological polar surface area (TPSA) is 26.3 Å². The van der Waals surface area contributed by atoms with Crippen LogP contribution in [-0.4, -0.2) is 17.4 Å². The van der Waals surface area contributed by atoms with E-state index in [1.807, 2.05) is 6.92 Å². The molecule has 0 saturated heterocycles. The van der Waals surface area contributed by atoms with Gasteiger partial charge in [0.1, 0.15) is 0 Å². The second-order valence-electron chi connectivity index (χ2n) is 1.94. The number of hydrogen-bond donors (Lipinski definition) is 0. The number of carbonyl (C=O) groups excluding carboxylic acids is 1. The Morgan fingerprint density at radius 1 is 1.90 bits per heavy atom. The normalized spacial score (nSPS) is 12.2. The largest absolute Gasteiger partial charge is 0.463 e. The highest BCUT2D eigenvalue weighted by Gasteiger charge is 1.97. The zero-order chi connectivity index (χ0) is 7.98. The van der Waals surface area contributed by atoms with Gasteiger partial charge < -0.3 is 4.74 Å². The average molecular weight is 207 g/mol. The molecule has 0 N–H and O–H groups in total. The summed E-state index contributed by atoms with van der Waals surface area (Å²) in [5.41, 5.74) is 0. The molecule has 0 bridgehead atoms. The predicted octanol–water partition coefficient (Wildman–Crippen LogP) is 1.89. The fourth-order valence-electron chi connectivity index (χ4n) is 0.381. The van der Waals surface area contributed by atoms with E-state index in [4.69, 9.17) is 4.74 Å². The van der Waals surface area contributed by atoms with Crippen LogP contribution in [0, 0.1) is 0 Å². The Morgan fingerprint density at radius 3 is 2.90 bits per heavy atom. The van der Waals surface area contributed by atoms with Gasteiger partial charge in [-0.05, 0) is 6.42 Å². The second-order valence-corrected chi connectivity index (χ2v) is 3.50. The molecule has 1 unspecified atom stereocenters. The minimum atomic E-state index is -0.354. The molecule has 0 aromatic carbocycles. The Kier molecular flexibility index (Phi) is 5.30. The molecule has 0 aliphatic rings. The van der Waals surface area contributed by atoms with Crippen LogP contribution in [0.4, 0.5) is 0 Å². The van der Waals surface area contributed by atoms with Crippen LogP contribution in [0.2, 0.25) is 0 Å². The Bertz CT molecular complexity index is 121. The maximum absolute atomic E-state index is 10.4. The first kappa shape index (κ1) is 9.69. The summed E-state index contributed by atoms with van der Waals surface area (Å²) in [5, 5.41) is 0. The number of halogens is 1. The maximum atomic E-state index is 10.4. The molecule has 10 heavy (non-hydrogen) atoms. The zero-order valence-electron chi connectivity index (χ0n) is 5.97. The van der Waals surface area contributed by atoms with Crippen LogP contribution in [0.3, 0.4) is 0 Å². The highest BCUT2D eigenvalue weighted by Crippen LogP contribution is 2.02. The van der Waals surface area contributed by atoms with Gasteiger partial charge in [0.2, 0.25) is 0 Å². The fraction of sp³-hybridized carbons (Fsp3) is 0.571. The molecule has 0 aromatic rings. The van der Waals surface area contributed by atoms with Crippen molar-refractivity contribution in [3.05, 3.63) is 12.7 Å². The van der Waals surface area contributed by atoms with Crippen LogP contribution in [0.5, 0.6) is 0 Å². The smallest absolute Gasteiger partial charge is 0.330 e. The summed E-state index contributed by atoms with van der Waals surface area (Å²) in [4.78, 5) is 10.8. The summed E-state index contributed by atoms with van der Waals surface area (Å²) in [7, 11) is 0. The van der Waals surface area contributed by atoms with E-state index in [2.05, 4.69) is 22.5 Å². The first-order valence-electron chi connectivity index (χ1n) is 3.10. The van der Waals surface area contributed by atoms with Crippen molar-refractivity contribution >= 4 is 21.9 Å².